The van der Waals surface area contributed by atoms with Crippen LogP contribution < -0.4 is 10.8 Å². The van der Waals surface area contributed by atoms with Crippen molar-refractivity contribution in [1.29, 1.82) is 0 Å². The fourth-order valence-corrected chi connectivity index (χ4v) is 2.88. The Balaban J connectivity index is 1.53. The van der Waals surface area contributed by atoms with Crippen LogP contribution in [0.15, 0.2) is 48.6 Å². The summed E-state index contributed by atoms with van der Waals surface area (Å²) >= 11 is 0. The van der Waals surface area contributed by atoms with Crippen LogP contribution in [0.25, 0.3) is 6.08 Å². The molecule has 0 bridgehead atoms. The number of likely N-dealkylation sites (tertiary alicyclic amines) is 1. The Morgan fingerprint density at radius 2 is 2.12 bits per heavy atom. The highest BCUT2D eigenvalue weighted by molar-refractivity contribution is 5.94. The summed E-state index contributed by atoms with van der Waals surface area (Å²) in [6.45, 7) is 2.83. The number of carbonyl (C=O) groups excluding carboxylic acids is 1. The van der Waals surface area contributed by atoms with Gasteiger partial charge in [0.15, 0.2) is 5.83 Å². The second-order valence-electron chi connectivity index (χ2n) is 6.11. The first-order chi connectivity index (χ1) is 12.6. The van der Waals surface area contributed by atoms with Gasteiger partial charge in [-0.1, -0.05) is 30.3 Å². The second-order valence-corrected chi connectivity index (χ2v) is 6.11. The number of hydroxylamine groups is 1. The van der Waals surface area contributed by atoms with Crippen LogP contribution in [-0.4, -0.2) is 45.1 Å². The zero-order valence-electron chi connectivity index (χ0n) is 14.1. The Morgan fingerprint density at radius 3 is 2.81 bits per heavy atom. The zero-order chi connectivity index (χ0) is 18.4. The Labute approximate surface area is 150 Å². The molecule has 0 radical (unpaired) electrons. The summed E-state index contributed by atoms with van der Waals surface area (Å²) in [6, 6.07) is 10.6. The van der Waals surface area contributed by atoms with Crippen molar-refractivity contribution in [1.82, 2.24) is 20.3 Å². The Kier molecular flexibility index (Phi) is 5.88. The Bertz CT molecular complexity index is 767. The summed E-state index contributed by atoms with van der Waals surface area (Å²) in [5, 5.41) is 11.7. The number of benzene rings is 1. The first kappa shape index (κ1) is 18.0. The normalized spacial score (nSPS) is 17.9. The Hall–Kier alpha value is -2.84. The van der Waals surface area contributed by atoms with Gasteiger partial charge < -0.3 is 5.32 Å². The van der Waals surface area contributed by atoms with Gasteiger partial charge in [0.25, 0.3) is 0 Å². The number of carbonyl (C=O) groups is 1. The summed E-state index contributed by atoms with van der Waals surface area (Å²) < 4.78 is 13.3. The van der Waals surface area contributed by atoms with E-state index in [1.54, 1.807) is 0 Å². The summed E-state index contributed by atoms with van der Waals surface area (Å²) in [4.78, 5) is 21.5. The number of amides is 1. The molecular weight excluding hydrogens is 337 g/mol. The molecule has 1 atom stereocenters. The number of hydrogen-bond acceptors (Lipinski definition) is 6. The van der Waals surface area contributed by atoms with Crippen molar-refractivity contribution in [3.63, 3.8) is 0 Å². The second kappa shape index (κ2) is 8.50. The van der Waals surface area contributed by atoms with Gasteiger partial charge in [0, 0.05) is 31.8 Å². The minimum Gasteiger partial charge on any atom is -0.365 e. The van der Waals surface area contributed by atoms with E-state index in [1.165, 1.54) is 23.4 Å². The lowest BCUT2D eigenvalue weighted by Gasteiger charge is -2.17. The highest BCUT2D eigenvalue weighted by Crippen LogP contribution is 2.17. The third kappa shape index (κ3) is 4.84. The van der Waals surface area contributed by atoms with E-state index in [1.807, 2.05) is 18.2 Å². The molecule has 2 aromatic rings. The third-order valence-corrected chi connectivity index (χ3v) is 4.14. The molecule has 0 unspecified atom stereocenters. The molecule has 7 nitrogen and oxygen atoms in total. The van der Waals surface area contributed by atoms with Crippen LogP contribution in [-0.2, 0) is 11.3 Å². The lowest BCUT2D eigenvalue weighted by molar-refractivity contribution is -0.126. The van der Waals surface area contributed by atoms with Crippen molar-refractivity contribution in [3.8, 4) is 0 Å². The van der Waals surface area contributed by atoms with Gasteiger partial charge in [-0.25, -0.2) is 14.9 Å². The lowest BCUT2D eigenvalue weighted by atomic mass is 10.2. The highest BCUT2D eigenvalue weighted by Gasteiger charge is 2.22. The molecule has 8 heteroatoms. The summed E-state index contributed by atoms with van der Waals surface area (Å²) in [5.41, 5.74) is 2.70. The van der Waals surface area contributed by atoms with Gasteiger partial charge in [0.2, 0.25) is 0 Å². The minimum absolute atomic E-state index is 0.189. The third-order valence-electron chi connectivity index (χ3n) is 4.14. The fraction of sp³-hybridized carbons (Fsp3) is 0.278. The van der Waals surface area contributed by atoms with Gasteiger partial charge in [-0.05, 0) is 12.0 Å². The smallest absolute Gasteiger partial charge is 0.303 e. The lowest BCUT2D eigenvalue weighted by Crippen LogP contribution is -2.26. The molecule has 1 aromatic carbocycles. The number of aromatic nitrogens is 2. The molecular formula is C18H20FN5O2. The van der Waals surface area contributed by atoms with Crippen LogP contribution in [0.4, 0.5) is 10.2 Å². The zero-order valence-corrected chi connectivity index (χ0v) is 14.1. The maximum absolute atomic E-state index is 13.3. The summed E-state index contributed by atoms with van der Waals surface area (Å²) in [6.07, 6.45) is 4.76. The van der Waals surface area contributed by atoms with Crippen molar-refractivity contribution in [2.45, 2.75) is 19.0 Å². The van der Waals surface area contributed by atoms with Gasteiger partial charge in [-0.2, -0.15) is 0 Å². The Morgan fingerprint density at radius 1 is 1.31 bits per heavy atom. The molecule has 3 rings (SSSR count). The highest BCUT2D eigenvalue weighted by atomic mass is 19.1. The topological polar surface area (TPSA) is 90.4 Å². The van der Waals surface area contributed by atoms with E-state index in [0.29, 0.717) is 5.82 Å². The molecule has 26 heavy (non-hydrogen) atoms. The standard InChI is InChI=1S/C18H20FN5O2/c19-16(18(25)23-26)8-15-9-21-17(10-20-15)22-14-6-7-24(12-14)11-13-4-2-1-3-5-13/h1-5,8-10,14,26H,6-7,11-12H2,(H,21,22)(H,23,25)/b16-8+/t14-/m1/s1. The van der Waals surface area contributed by atoms with Crippen molar-refractivity contribution < 1.29 is 14.4 Å². The average Bonchev–Trinajstić information content (AvgIpc) is 3.10. The van der Waals surface area contributed by atoms with Gasteiger partial charge >= 0.3 is 5.91 Å². The van der Waals surface area contributed by atoms with E-state index in [-0.39, 0.29) is 11.7 Å². The largest absolute Gasteiger partial charge is 0.365 e. The van der Waals surface area contributed by atoms with Crippen LogP contribution in [0.2, 0.25) is 0 Å². The van der Waals surface area contributed by atoms with Gasteiger partial charge in [0.05, 0.1) is 18.1 Å². The van der Waals surface area contributed by atoms with Crippen LogP contribution >= 0.6 is 0 Å². The first-order valence-electron chi connectivity index (χ1n) is 8.30. The molecule has 0 aliphatic carbocycles. The number of rotatable bonds is 6. The van der Waals surface area contributed by atoms with Crippen molar-refractivity contribution >= 4 is 17.8 Å². The van der Waals surface area contributed by atoms with Gasteiger partial charge in [0.1, 0.15) is 5.82 Å². The van der Waals surface area contributed by atoms with Crippen molar-refractivity contribution in [2.75, 3.05) is 18.4 Å². The maximum atomic E-state index is 13.3. The molecule has 136 valence electrons. The fourth-order valence-electron chi connectivity index (χ4n) is 2.88. The molecule has 1 aromatic heterocycles. The van der Waals surface area contributed by atoms with E-state index in [2.05, 4.69) is 32.3 Å². The first-order valence-corrected chi connectivity index (χ1v) is 8.30. The number of halogens is 1. The number of nitrogens with one attached hydrogen (secondary N) is 2. The van der Waals surface area contributed by atoms with Gasteiger partial charge in [-0.3, -0.25) is 19.9 Å². The van der Waals surface area contributed by atoms with Crippen LogP contribution in [0.1, 0.15) is 17.7 Å². The molecule has 0 saturated carbocycles. The van der Waals surface area contributed by atoms with Crippen molar-refractivity contribution in [2.24, 2.45) is 0 Å². The molecule has 1 amide bonds. The van der Waals surface area contributed by atoms with E-state index in [9.17, 15) is 9.18 Å². The molecule has 1 aliphatic heterocycles. The molecule has 1 aliphatic rings. The molecule has 3 N–H and O–H groups in total. The van der Waals surface area contributed by atoms with Crippen LogP contribution in [0, 0.1) is 0 Å². The van der Waals surface area contributed by atoms with E-state index < -0.39 is 11.7 Å². The van der Waals surface area contributed by atoms with E-state index in [0.717, 1.165) is 32.1 Å². The van der Waals surface area contributed by atoms with Crippen molar-refractivity contribution in [3.05, 3.63) is 59.8 Å². The predicted octanol–water partition coefficient (Wildman–Crippen LogP) is 1.98. The molecule has 0 spiro atoms. The quantitative estimate of drug-likeness (QED) is 0.416. The number of nitrogens with zero attached hydrogens (tertiary/aromatic N) is 3. The monoisotopic (exact) mass is 357 g/mol. The van der Waals surface area contributed by atoms with E-state index in [4.69, 9.17) is 5.21 Å². The minimum atomic E-state index is -1.22. The average molecular weight is 357 g/mol. The maximum Gasteiger partial charge on any atom is 0.303 e. The summed E-state index contributed by atoms with van der Waals surface area (Å²) in [5.74, 6) is -1.77. The van der Waals surface area contributed by atoms with Crippen LogP contribution in [0.3, 0.4) is 0 Å². The summed E-state index contributed by atoms with van der Waals surface area (Å²) in [7, 11) is 0. The van der Waals surface area contributed by atoms with E-state index >= 15 is 0 Å². The predicted molar refractivity (Wildman–Crippen MR) is 94.8 cm³/mol. The van der Waals surface area contributed by atoms with Gasteiger partial charge in [-0.15, -0.1) is 0 Å². The number of anilines is 1. The molecule has 2 heterocycles. The molecule has 1 saturated heterocycles. The SMILES string of the molecule is O=C(NO)/C(F)=C\c1cnc(N[C@@H]2CCN(Cc3ccccc3)C2)cn1. The number of hydrogen-bond donors (Lipinski definition) is 3. The molecule has 1 fully saturated rings. The van der Waals surface area contributed by atoms with Crippen LogP contribution in [0.5, 0.6) is 0 Å².